The average molecular weight is 151 g/mol. The summed E-state index contributed by atoms with van der Waals surface area (Å²) in [6.07, 6.45) is 0.145. The first-order valence-electron chi connectivity index (χ1n) is 3.33. The van der Waals surface area contributed by atoms with Crippen LogP contribution in [0.3, 0.4) is 0 Å². The highest BCUT2D eigenvalue weighted by atomic mass is 19.3. The van der Waals surface area contributed by atoms with E-state index in [0.29, 0.717) is 13.2 Å². The molecule has 0 bridgehead atoms. The molecule has 1 heterocycles. The third kappa shape index (κ3) is 1.88. The van der Waals surface area contributed by atoms with Crippen molar-refractivity contribution in [3.05, 3.63) is 0 Å². The molecule has 0 aromatic heterocycles. The summed E-state index contributed by atoms with van der Waals surface area (Å²) < 4.78 is 28.1. The fourth-order valence-electron chi connectivity index (χ4n) is 0.890. The zero-order valence-electron chi connectivity index (χ0n) is 5.81. The van der Waals surface area contributed by atoms with Crippen LogP contribution in [0.15, 0.2) is 0 Å². The minimum atomic E-state index is -2.40. The fraction of sp³-hybridized carbons (Fsp3) is 1.00. The second kappa shape index (κ2) is 3.25. The van der Waals surface area contributed by atoms with Crippen molar-refractivity contribution in [3.63, 3.8) is 0 Å². The molecule has 0 spiro atoms. The maximum Gasteiger partial charge on any atom is 0.292 e. The number of hydrogen-bond acceptors (Lipinski definition) is 2. The molecule has 1 rings (SSSR count). The second-order valence-electron chi connectivity index (χ2n) is 2.51. The molecule has 2 nitrogen and oxygen atoms in total. The van der Waals surface area contributed by atoms with Gasteiger partial charge in [-0.1, -0.05) is 0 Å². The summed E-state index contributed by atoms with van der Waals surface area (Å²) in [5.41, 5.74) is 0. The topological polar surface area (TPSA) is 21.3 Å². The van der Waals surface area contributed by atoms with Crippen LogP contribution in [0.2, 0.25) is 0 Å². The van der Waals surface area contributed by atoms with Gasteiger partial charge >= 0.3 is 0 Å². The maximum absolute atomic E-state index is 11.5. The molecular formula is C6H11F2NO. The van der Waals surface area contributed by atoms with Crippen LogP contribution in [0.4, 0.5) is 8.78 Å². The Morgan fingerprint density at radius 3 is 2.70 bits per heavy atom. The smallest absolute Gasteiger partial charge is 0.292 e. The zero-order valence-corrected chi connectivity index (χ0v) is 5.81. The third-order valence-corrected chi connectivity index (χ3v) is 1.77. The van der Waals surface area contributed by atoms with Crippen molar-refractivity contribution in [1.82, 2.24) is 5.32 Å². The highest BCUT2D eigenvalue weighted by molar-refractivity contribution is 4.76. The van der Waals surface area contributed by atoms with Crippen molar-refractivity contribution < 1.29 is 13.5 Å². The van der Waals surface area contributed by atoms with E-state index in [4.69, 9.17) is 4.74 Å². The summed E-state index contributed by atoms with van der Waals surface area (Å²) >= 11 is 0. The Morgan fingerprint density at radius 1 is 1.70 bits per heavy atom. The van der Waals surface area contributed by atoms with E-state index in [1.165, 1.54) is 0 Å². The van der Waals surface area contributed by atoms with E-state index in [9.17, 15) is 8.78 Å². The predicted octanol–water partition coefficient (Wildman–Crippen LogP) is 0.834. The van der Waals surface area contributed by atoms with E-state index in [-0.39, 0.29) is 12.0 Å². The lowest BCUT2D eigenvalue weighted by Gasteiger charge is -2.34. The van der Waals surface area contributed by atoms with E-state index in [0.717, 1.165) is 0 Å². The van der Waals surface area contributed by atoms with Gasteiger partial charge in [0, 0.05) is 12.5 Å². The van der Waals surface area contributed by atoms with Crippen LogP contribution in [0.1, 0.15) is 6.92 Å². The van der Waals surface area contributed by atoms with Gasteiger partial charge in [0.2, 0.25) is 0 Å². The van der Waals surface area contributed by atoms with Crippen molar-refractivity contribution in [1.29, 1.82) is 0 Å². The Balaban J connectivity index is 2.03. The number of nitrogens with one attached hydrogen (secondary N) is 1. The third-order valence-electron chi connectivity index (χ3n) is 1.77. The summed E-state index contributed by atoms with van der Waals surface area (Å²) in [7, 11) is 0. The minimum absolute atomic E-state index is 0.145. The molecule has 1 N–H and O–H groups in total. The molecule has 0 aromatic carbocycles. The van der Waals surface area contributed by atoms with E-state index < -0.39 is 6.55 Å². The number of hydrogen-bond donors (Lipinski definition) is 1. The minimum Gasteiger partial charge on any atom is -0.378 e. The first-order chi connectivity index (χ1) is 4.70. The molecular weight excluding hydrogens is 140 g/mol. The molecule has 0 radical (unpaired) electrons. The van der Waals surface area contributed by atoms with Crippen LogP contribution >= 0.6 is 0 Å². The van der Waals surface area contributed by atoms with E-state index in [1.807, 2.05) is 6.92 Å². The predicted molar refractivity (Wildman–Crippen MR) is 32.9 cm³/mol. The molecule has 60 valence electrons. The van der Waals surface area contributed by atoms with Crippen LogP contribution in [0.5, 0.6) is 0 Å². The van der Waals surface area contributed by atoms with Crippen molar-refractivity contribution in [2.45, 2.75) is 19.6 Å². The van der Waals surface area contributed by atoms with Gasteiger partial charge in [0.25, 0.3) is 6.55 Å². The van der Waals surface area contributed by atoms with Gasteiger partial charge in [0.1, 0.15) is 0 Å². The normalized spacial score (nSPS) is 32.4. The highest BCUT2D eigenvalue weighted by Crippen LogP contribution is 2.18. The lowest BCUT2D eigenvalue weighted by molar-refractivity contribution is -0.105. The summed E-state index contributed by atoms with van der Waals surface area (Å²) in [6.45, 7) is 0.467. The molecule has 1 fully saturated rings. The van der Waals surface area contributed by atoms with Gasteiger partial charge in [-0.3, -0.25) is 5.32 Å². The average Bonchev–Trinajstić information content (AvgIpc) is 1.84. The molecule has 1 aliphatic rings. The molecule has 0 amide bonds. The van der Waals surface area contributed by atoms with Gasteiger partial charge in [-0.2, -0.15) is 8.78 Å². The second-order valence-corrected chi connectivity index (χ2v) is 2.51. The molecule has 1 saturated heterocycles. The van der Waals surface area contributed by atoms with E-state index >= 15 is 0 Å². The SMILES string of the molecule is CC1OCC1CNC(F)F. The van der Waals surface area contributed by atoms with Gasteiger partial charge in [0.05, 0.1) is 12.7 Å². The molecule has 10 heavy (non-hydrogen) atoms. The number of rotatable bonds is 3. The van der Waals surface area contributed by atoms with Crippen LogP contribution < -0.4 is 5.32 Å². The molecule has 4 heteroatoms. The molecule has 2 unspecified atom stereocenters. The van der Waals surface area contributed by atoms with Crippen molar-refractivity contribution in [2.75, 3.05) is 13.2 Å². The van der Waals surface area contributed by atoms with Gasteiger partial charge in [-0.15, -0.1) is 0 Å². The standard InChI is InChI=1S/C6H11F2NO/c1-4-5(3-10-4)2-9-6(7)8/h4-6,9H,2-3H2,1H3. The Labute approximate surface area is 58.6 Å². The van der Waals surface area contributed by atoms with Gasteiger partial charge in [-0.25, -0.2) is 0 Å². The van der Waals surface area contributed by atoms with Gasteiger partial charge in [-0.05, 0) is 6.92 Å². The van der Waals surface area contributed by atoms with E-state index in [1.54, 1.807) is 0 Å². The molecule has 1 aliphatic heterocycles. The Bertz CT molecular complexity index is 110. The summed E-state index contributed by atoms with van der Waals surface area (Å²) in [5, 5.41) is 2.06. The summed E-state index contributed by atoms with van der Waals surface area (Å²) in [4.78, 5) is 0. The molecule has 0 aliphatic carbocycles. The van der Waals surface area contributed by atoms with Crippen LogP contribution in [-0.4, -0.2) is 25.8 Å². The largest absolute Gasteiger partial charge is 0.378 e. The van der Waals surface area contributed by atoms with Crippen LogP contribution in [0.25, 0.3) is 0 Å². The first kappa shape index (κ1) is 7.88. The van der Waals surface area contributed by atoms with Crippen molar-refractivity contribution in [3.8, 4) is 0 Å². The molecule has 0 saturated carbocycles. The quantitative estimate of drug-likeness (QED) is 0.603. The van der Waals surface area contributed by atoms with Crippen LogP contribution in [0, 0.1) is 5.92 Å². The first-order valence-corrected chi connectivity index (χ1v) is 3.33. The van der Waals surface area contributed by atoms with Crippen molar-refractivity contribution in [2.24, 2.45) is 5.92 Å². The molecule has 0 aromatic rings. The van der Waals surface area contributed by atoms with Gasteiger partial charge in [0.15, 0.2) is 0 Å². The Kier molecular flexibility index (Phi) is 2.56. The monoisotopic (exact) mass is 151 g/mol. The zero-order chi connectivity index (χ0) is 7.56. The Hall–Kier alpha value is -0.220. The number of halogens is 2. The molecule has 2 atom stereocenters. The van der Waals surface area contributed by atoms with Gasteiger partial charge < -0.3 is 4.74 Å². The Morgan fingerprint density at radius 2 is 2.40 bits per heavy atom. The summed E-state index contributed by atoms with van der Waals surface area (Å²) in [6, 6.07) is 0. The summed E-state index contributed by atoms with van der Waals surface area (Å²) in [5.74, 6) is 0.272. The van der Waals surface area contributed by atoms with E-state index in [2.05, 4.69) is 5.32 Å². The van der Waals surface area contributed by atoms with Crippen LogP contribution in [-0.2, 0) is 4.74 Å². The number of alkyl halides is 2. The maximum atomic E-state index is 11.5. The lowest BCUT2D eigenvalue weighted by atomic mass is 10.00. The van der Waals surface area contributed by atoms with Crippen molar-refractivity contribution >= 4 is 0 Å². The number of ether oxygens (including phenoxy) is 1. The fourth-order valence-corrected chi connectivity index (χ4v) is 0.890. The highest BCUT2D eigenvalue weighted by Gasteiger charge is 2.27. The lowest BCUT2D eigenvalue weighted by Crippen LogP contribution is -2.44.